The highest BCUT2D eigenvalue weighted by Crippen LogP contribution is 2.31. The lowest BCUT2D eigenvalue weighted by Crippen LogP contribution is -2.32. The molecule has 0 radical (unpaired) electrons. The summed E-state index contributed by atoms with van der Waals surface area (Å²) in [6.07, 6.45) is 2.13. The number of fused-ring (bicyclic) bond motifs is 1. The molecular weight excluding hydrogens is 262 g/mol. The molecule has 5 nitrogen and oxygen atoms in total. The Kier molecular flexibility index (Phi) is 4.76. The molecule has 0 saturated carbocycles. The molecule has 1 amide bonds. The third-order valence-electron chi connectivity index (χ3n) is 2.99. The van der Waals surface area contributed by atoms with Crippen LogP contribution in [0.1, 0.15) is 34.9 Å². The molecule has 6 heteroatoms. The van der Waals surface area contributed by atoms with Gasteiger partial charge in [-0.25, -0.2) is 4.98 Å². The highest BCUT2D eigenvalue weighted by atomic mass is 32.1. The Balaban J connectivity index is 2.14. The van der Waals surface area contributed by atoms with Gasteiger partial charge in [0.05, 0.1) is 6.61 Å². The van der Waals surface area contributed by atoms with E-state index in [4.69, 9.17) is 4.74 Å². The number of aromatic nitrogens is 1. The quantitative estimate of drug-likeness (QED) is 0.893. The van der Waals surface area contributed by atoms with E-state index < -0.39 is 0 Å². The van der Waals surface area contributed by atoms with Crippen LogP contribution in [0.3, 0.4) is 0 Å². The van der Waals surface area contributed by atoms with Crippen LogP contribution in [0.2, 0.25) is 0 Å². The van der Waals surface area contributed by atoms with Crippen LogP contribution >= 0.6 is 11.3 Å². The van der Waals surface area contributed by atoms with Gasteiger partial charge in [0.2, 0.25) is 0 Å². The van der Waals surface area contributed by atoms with E-state index in [1.165, 1.54) is 16.2 Å². The van der Waals surface area contributed by atoms with Crippen molar-refractivity contribution in [3.05, 3.63) is 9.88 Å². The maximum Gasteiger partial charge on any atom is 0.280 e. The number of rotatable bonds is 5. The van der Waals surface area contributed by atoms with Crippen LogP contribution in [0.25, 0.3) is 0 Å². The zero-order valence-corrected chi connectivity index (χ0v) is 12.5. The summed E-state index contributed by atoms with van der Waals surface area (Å²) in [5, 5.41) is 3.46. The van der Waals surface area contributed by atoms with E-state index in [1.54, 1.807) is 7.11 Å². The molecule has 0 atom stereocenters. The van der Waals surface area contributed by atoms with E-state index in [0.717, 1.165) is 31.7 Å². The minimum Gasteiger partial charge on any atom is -0.383 e. The number of amides is 1. The van der Waals surface area contributed by atoms with Gasteiger partial charge in [-0.1, -0.05) is 0 Å². The van der Waals surface area contributed by atoms with Crippen molar-refractivity contribution in [3.8, 4) is 0 Å². The van der Waals surface area contributed by atoms with Crippen molar-refractivity contribution < 1.29 is 9.53 Å². The van der Waals surface area contributed by atoms with Crippen molar-refractivity contribution in [2.75, 3.05) is 31.7 Å². The van der Waals surface area contributed by atoms with Gasteiger partial charge in [-0.05, 0) is 26.7 Å². The smallest absolute Gasteiger partial charge is 0.280 e. The molecule has 0 aliphatic carbocycles. The van der Waals surface area contributed by atoms with Crippen LogP contribution in [0.5, 0.6) is 0 Å². The normalized spacial score (nSPS) is 14.6. The number of methoxy groups -OCH3 is 1. The highest BCUT2D eigenvalue weighted by molar-refractivity contribution is 7.14. The molecule has 19 heavy (non-hydrogen) atoms. The number of nitrogens with one attached hydrogen (secondary N) is 1. The Morgan fingerprint density at radius 3 is 3.05 bits per heavy atom. The number of carbonyl (C=O) groups is 1. The molecule has 2 rings (SSSR count). The monoisotopic (exact) mass is 283 g/mol. The number of hydrogen-bond donors (Lipinski definition) is 1. The lowest BCUT2D eigenvalue weighted by Gasteiger charge is -2.26. The fourth-order valence-corrected chi connectivity index (χ4v) is 3.16. The van der Waals surface area contributed by atoms with Crippen LogP contribution < -0.4 is 10.2 Å². The van der Waals surface area contributed by atoms with Crippen molar-refractivity contribution in [1.82, 2.24) is 10.3 Å². The third-order valence-corrected chi connectivity index (χ3v) is 4.09. The van der Waals surface area contributed by atoms with Crippen LogP contribution in [-0.2, 0) is 11.2 Å². The van der Waals surface area contributed by atoms with Gasteiger partial charge in [0, 0.05) is 31.1 Å². The van der Waals surface area contributed by atoms with Gasteiger partial charge >= 0.3 is 0 Å². The molecule has 0 unspecified atom stereocenters. The topological polar surface area (TPSA) is 54.5 Å². The van der Waals surface area contributed by atoms with Crippen LogP contribution in [0.15, 0.2) is 0 Å². The van der Waals surface area contributed by atoms with Gasteiger partial charge < -0.3 is 15.0 Å². The van der Waals surface area contributed by atoms with Crippen molar-refractivity contribution >= 4 is 23.1 Å². The summed E-state index contributed by atoms with van der Waals surface area (Å²) in [6.45, 7) is 6.42. The summed E-state index contributed by atoms with van der Waals surface area (Å²) in [5.74, 6) is 0.906. The Hall–Kier alpha value is -1.14. The molecule has 1 aliphatic heterocycles. The number of nitrogens with zero attached hydrogens (tertiary/aromatic N) is 2. The third kappa shape index (κ3) is 3.45. The lowest BCUT2D eigenvalue weighted by molar-refractivity contribution is 0.0943. The Morgan fingerprint density at radius 1 is 1.58 bits per heavy atom. The molecule has 0 fully saturated rings. The van der Waals surface area contributed by atoms with Crippen LogP contribution in [0.4, 0.5) is 5.82 Å². The molecule has 0 spiro atoms. The van der Waals surface area contributed by atoms with Gasteiger partial charge in [-0.2, -0.15) is 0 Å². The van der Waals surface area contributed by atoms with Crippen molar-refractivity contribution in [2.45, 2.75) is 32.7 Å². The maximum atomic E-state index is 12.0. The van der Waals surface area contributed by atoms with Gasteiger partial charge in [-0.15, -0.1) is 11.3 Å². The number of carbonyl (C=O) groups excluding carboxylic acids is 1. The zero-order valence-electron chi connectivity index (χ0n) is 11.7. The highest BCUT2D eigenvalue weighted by Gasteiger charge is 2.24. The first-order valence-electron chi connectivity index (χ1n) is 6.66. The zero-order chi connectivity index (χ0) is 13.8. The lowest BCUT2D eigenvalue weighted by atomic mass is 10.2. The fourth-order valence-electron chi connectivity index (χ4n) is 2.13. The largest absolute Gasteiger partial charge is 0.383 e. The number of thiazole rings is 1. The first kappa shape index (κ1) is 14.3. The number of anilines is 1. The van der Waals surface area contributed by atoms with E-state index in [1.807, 2.05) is 13.8 Å². The van der Waals surface area contributed by atoms with E-state index in [2.05, 4.69) is 15.2 Å². The number of hydrogen-bond acceptors (Lipinski definition) is 5. The average Bonchev–Trinajstić information content (AvgIpc) is 2.80. The Labute approximate surface area is 118 Å². The summed E-state index contributed by atoms with van der Waals surface area (Å²) in [4.78, 5) is 19.9. The molecule has 0 bridgehead atoms. The summed E-state index contributed by atoms with van der Waals surface area (Å²) in [7, 11) is 1.70. The maximum absolute atomic E-state index is 12.0. The molecule has 0 saturated heterocycles. The van der Waals surface area contributed by atoms with Crippen molar-refractivity contribution in [2.24, 2.45) is 0 Å². The van der Waals surface area contributed by atoms with Gasteiger partial charge in [-0.3, -0.25) is 4.79 Å². The van der Waals surface area contributed by atoms with Crippen molar-refractivity contribution in [1.29, 1.82) is 0 Å². The average molecular weight is 283 g/mol. The number of aryl methyl sites for hydroxylation is 1. The standard InChI is InChI=1S/C13H21N3O2S/c1-9(2)14-12(17)13-15-11-10(19-13)5-4-6-16(11)7-8-18-3/h9H,4-8H2,1-3H3,(H,14,17). The molecule has 1 aromatic heterocycles. The van der Waals surface area contributed by atoms with E-state index in [-0.39, 0.29) is 11.9 Å². The van der Waals surface area contributed by atoms with Crippen LogP contribution in [0, 0.1) is 0 Å². The van der Waals surface area contributed by atoms with Gasteiger partial charge in [0.1, 0.15) is 5.82 Å². The van der Waals surface area contributed by atoms with E-state index in [9.17, 15) is 4.79 Å². The molecule has 2 heterocycles. The summed E-state index contributed by atoms with van der Waals surface area (Å²) < 4.78 is 5.12. The second kappa shape index (κ2) is 6.34. The first-order chi connectivity index (χ1) is 9.11. The molecule has 106 valence electrons. The first-order valence-corrected chi connectivity index (χ1v) is 7.48. The SMILES string of the molecule is COCCN1CCCc2sc(C(=O)NC(C)C)nc21. The fraction of sp³-hybridized carbons (Fsp3) is 0.692. The minimum atomic E-state index is -0.0684. The molecule has 1 aliphatic rings. The molecule has 1 N–H and O–H groups in total. The second-order valence-electron chi connectivity index (χ2n) is 4.98. The molecular formula is C13H21N3O2S. The minimum absolute atomic E-state index is 0.0684. The summed E-state index contributed by atoms with van der Waals surface area (Å²) in [6, 6.07) is 0.137. The predicted molar refractivity (Wildman–Crippen MR) is 77.1 cm³/mol. The molecule has 1 aromatic rings. The Bertz CT molecular complexity index is 445. The van der Waals surface area contributed by atoms with Gasteiger partial charge in [0.25, 0.3) is 5.91 Å². The molecule has 0 aromatic carbocycles. The Morgan fingerprint density at radius 2 is 2.37 bits per heavy atom. The predicted octanol–water partition coefficient (Wildman–Crippen LogP) is 1.68. The van der Waals surface area contributed by atoms with Crippen molar-refractivity contribution in [3.63, 3.8) is 0 Å². The second-order valence-corrected chi connectivity index (χ2v) is 6.06. The summed E-state index contributed by atoms with van der Waals surface area (Å²) >= 11 is 1.52. The number of ether oxygens (including phenoxy) is 1. The van der Waals surface area contributed by atoms with Gasteiger partial charge in [0.15, 0.2) is 5.01 Å². The van der Waals surface area contributed by atoms with E-state index in [0.29, 0.717) is 11.6 Å². The van der Waals surface area contributed by atoms with E-state index >= 15 is 0 Å². The summed E-state index contributed by atoms with van der Waals surface area (Å²) in [5.41, 5.74) is 0. The van der Waals surface area contributed by atoms with Crippen LogP contribution in [-0.4, -0.2) is 43.7 Å².